The lowest BCUT2D eigenvalue weighted by molar-refractivity contribution is 0.207. The van der Waals surface area contributed by atoms with E-state index >= 15 is 0 Å². The van der Waals surface area contributed by atoms with Gasteiger partial charge in [0, 0.05) is 25.2 Å². The van der Waals surface area contributed by atoms with Gasteiger partial charge in [-0.1, -0.05) is 43.1 Å². The van der Waals surface area contributed by atoms with Gasteiger partial charge in [0.25, 0.3) is 0 Å². The molecular weight excluding hydrogens is 236 g/mol. The van der Waals surface area contributed by atoms with Crippen molar-refractivity contribution >= 4 is 17.6 Å². The van der Waals surface area contributed by atoms with Crippen molar-refractivity contribution in [2.75, 3.05) is 13.6 Å². The second-order valence-electron chi connectivity index (χ2n) is 4.03. The second kappa shape index (κ2) is 7.17. The number of carbonyl (C=O) groups excluding carboxylic acids is 1. The number of hydrogen-bond donors (Lipinski definition) is 1. The minimum Gasteiger partial charge on any atom is -0.338 e. The molecule has 94 valence electrons. The molecule has 0 radical (unpaired) electrons. The van der Waals surface area contributed by atoms with E-state index in [0.717, 1.165) is 24.9 Å². The molecule has 4 heteroatoms. The van der Waals surface area contributed by atoms with Crippen LogP contribution in [0.4, 0.5) is 4.79 Å². The van der Waals surface area contributed by atoms with E-state index in [4.69, 9.17) is 11.6 Å². The summed E-state index contributed by atoms with van der Waals surface area (Å²) in [6.45, 7) is 3.35. The molecule has 0 aliphatic carbocycles. The number of urea groups is 1. The zero-order chi connectivity index (χ0) is 12.7. The predicted octanol–water partition coefficient (Wildman–Crippen LogP) is 3.28. The molecule has 3 nitrogen and oxygen atoms in total. The molecule has 0 bridgehead atoms. The molecule has 0 atom stereocenters. The quantitative estimate of drug-likeness (QED) is 0.804. The summed E-state index contributed by atoms with van der Waals surface area (Å²) in [4.78, 5) is 13.3. The van der Waals surface area contributed by atoms with Crippen LogP contribution in [0.2, 0.25) is 5.02 Å². The maximum Gasteiger partial charge on any atom is 0.317 e. The van der Waals surface area contributed by atoms with Gasteiger partial charge < -0.3 is 10.2 Å². The van der Waals surface area contributed by atoms with Gasteiger partial charge in [-0.3, -0.25) is 0 Å². The lowest BCUT2D eigenvalue weighted by atomic mass is 10.2. The molecule has 0 saturated carbocycles. The summed E-state index contributed by atoms with van der Waals surface area (Å²) < 4.78 is 0. The van der Waals surface area contributed by atoms with E-state index < -0.39 is 0 Å². The van der Waals surface area contributed by atoms with Gasteiger partial charge in [0.2, 0.25) is 0 Å². The number of rotatable bonds is 5. The standard InChI is InChI=1S/C13H19ClN2O/c1-3-4-9-15-13(17)16(2)10-11-7-5-6-8-12(11)14/h5-8H,3-4,9-10H2,1-2H3,(H,15,17). The monoisotopic (exact) mass is 254 g/mol. The molecule has 0 fully saturated rings. The van der Waals surface area contributed by atoms with Crippen LogP contribution in [0.15, 0.2) is 24.3 Å². The molecule has 1 N–H and O–H groups in total. The molecule has 1 aromatic carbocycles. The van der Waals surface area contributed by atoms with E-state index in [0.29, 0.717) is 11.6 Å². The minimum absolute atomic E-state index is 0.0571. The summed E-state index contributed by atoms with van der Waals surface area (Å²) in [5, 5.41) is 3.56. The molecule has 0 heterocycles. The first-order valence-corrected chi connectivity index (χ1v) is 6.25. The fourth-order valence-electron chi connectivity index (χ4n) is 1.46. The first-order valence-electron chi connectivity index (χ1n) is 5.87. The molecule has 0 aromatic heterocycles. The van der Waals surface area contributed by atoms with E-state index in [1.54, 1.807) is 11.9 Å². The van der Waals surface area contributed by atoms with Crippen LogP contribution in [0.5, 0.6) is 0 Å². The van der Waals surface area contributed by atoms with Crippen molar-refractivity contribution in [1.29, 1.82) is 0 Å². The Morgan fingerprint density at radius 3 is 2.76 bits per heavy atom. The number of amides is 2. The highest BCUT2D eigenvalue weighted by molar-refractivity contribution is 6.31. The van der Waals surface area contributed by atoms with Crippen LogP contribution in [-0.2, 0) is 6.54 Å². The van der Waals surface area contributed by atoms with Gasteiger partial charge in [0.1, 0.15) is 0 Å². The third-order valence-electron chi connectivity index (χ3n) is 2.52. The Balaban J connectivity index is 2.46. The van der Waals surface area contributed by atoms with Crippen molar-refractivity contribution in [1.82, 2.24) is 10.2 Å². The van der Waals surface area contributed by atoms with Crippen molar-refractivity contribution in [3.05, 3.63) is 34.9 Å². The smallest absolute Gasteiger partial charge is 0.317 e. The van der Waals surface area contributed by atoms with E-state index in [9.17, 15) is 4.79 Å². The van der Waals surface area contributed by atoms with Gasteiger partial charge in [-0.05, 0) is 18.1 Å². The average Bonchev–Trinajstić information content (AvgIpc) is 2.32. The lowest BCUT2D eigenvalue weighted by Gasteiger charge is -2.18. The zero-order valence-corrected chi connectivity index (χ0v) is 11.1. The maximum atomic E-state index is 11.7. The molecule has 1 aromatic rings. The Kier molecular flexibility index (Phi) is 5.84. The lowest BCUT2D eigenvalue weighted by Crippen LogP contribution is -2.37. The molecule has 0 unspecified atom stereocenters. The average molecular weight is 255 g/mol. The second-order valence-corrected chi connectivity index (χ2v) is 4.44. The van der Waals surface area contributed by atoms with Crippen LogP contribution < -0.4 is 5.32 Å². The van der Waals surface area contributed by atoms with Crippen LogP contribution in [0.3, 0.4) is 0 Å². The SMILES string of the molecule is CCCCNC(=O)N(C)Cc1ccccc1Cl. The van der Waals surface area contributed by atoms with Crippen molar-refractivity contribution in [3.63, 3.8) is 0 Å². The molecule has 0 spiro atoms. The van der Waals surface area contributed by atoms with Gasteiger partial charge in [-0.25, -0.2) is 4.79 Å². The normalized spacial score (nSPS) is 10.1. The Hall–Kier alpha value is -1.22. The minimum atomic E-state index is -0.0571. The first kappa shape index (κ1) is 13.8. The Morgan fingerprint density at radius 1 is 1.41 bits per heavy atom. The van der Waals surface area contributed by atoms with Gasteiger partial charge in [-0.15, -0.1) is 0 Å². The van der Waals surface area contributed by atoms with Crippen LogP contribution >= 0.6 is 11.6 Å². The number of benzene rings is 1. The largest absolute Gasteiger partial charge is 0.338 e. The maximum absolute atomic E-state index is 11.7. The summed E-state index contributed by atoms with van der Waals surface area (Å²) in [7, 11) is 1.77. The van der Waals surface area contributed by atoms with Gasteiger partial charge in [0.05, 0.1) is 0 Å². The van der Waals surface area contributed by atoms with Gasteiger partial charge in [0.15, 0.2) is 0 Å². The van der Waals surface area contributed by atoms with Crippen LogP contribution in [0.1, 0.15) is 25.3 Å². The molecule has 17 heavy (non-hydrogen) atoms. The fourth-order valence-corrected chi connectivity index (χ4v) is 1.66. The molecule has 1 rings (SSSR count). The summed E-state index contributed by atoms with van der Waals surface area (Å²) in [5.74, 6) is 0. The highest BCUT2D eigenvalue weighted by Gasteiger charge is 2.09. The van der Waals surface area contributed by atoms with Gasteiger partial charge >= 0.3 is 6.03 Å². The molecule has 0 aliphatic heterocycles. The number of halogens is 1. The van der Waals surface area contributed by atoms with E-state index in [-0.39, 0.29) is 6.03 Å². The molecule has 0 aliphatic rings. The Bertz CT molecular complexity index is 368. The van der Waals surface area contributed by atoms with Crippen molar-refractivity contribution in [2.24, 2.45) is 0 Å². The number of nitrogens with one attached hydrogen (secondary N) is 1. The van der Waals surface area contributed by atoms with E-state index in [1.165, 1.54) is 0 Å². The molecule has 0 saturated heterocycles. The third-order valence-corrected chi connectivity index (χ3v) is 2.89. The van der Waals surface area contributed by atoms with E-state index in [1.807, 2.05) is 24.3 Å². The van der Waals surface area contributed by atoms with Crippen LogP contribution in [0, 0.1) is 0 Å². The number of hydrogen-bond acceptors (Lipinski definition) is 1. The van der Waals surface area contributed by atoms with Crippen molar-refractivity contribution < 1.29 is 4.79 Å². The zero-order valence-electron chi connectivity index (χ0n) is 10.4. The number of nitrogens with zero attached hydrogens (tertiary/aromatic N) is 1. The fraction of sp³-hybridized carbons (Fsp3) is 0.462. The van der Waals surface area contributed by atoms with Crippen LogP contribution in [-0.4, -0.2) is 24.5 Å². The van der Waals surface area contributed by atoms with Crippen LogP contribution in [0.25, 0.3) is 0 Å². The summed E-state index contributed by atoms with van der Waals surface area (Å²) >= 11 is 6.04. The summed E-state index contributed by atoms with van der Waals surface area (Å²) in [6, 6.07) is 7.51. The predicted molar refractivity (Wildman–Crippen MR) is 71.2 cm³/mol. The topological polar surface area (TPSA) is 32.3 Å². The molecule has 2 amide bonds. The highest BCUT2D eigenvalue weighted by atomic mass is 35.5. The number of carbonyl (C=O) groups is 1. The third kappa shape index (κ3) is 4.65. The van der Waals surface area contributed by atoms with Crippen molar-refractivity contribution in [3.8, 4) is 0 Å². The first-order chi connectivity index (χ1) is 8.15. The summed E-state index contributed by atoms with van der Waals surface area (Å²) in [5.41, 5.74) is 0.960. The number of unbranched alkanes of at least 4 members (excludes halogenated alkanes) is 1. The Morgan fingerprint density at radius 2 is 2.12 bits per heavy atom. The highest BCUT2D eigenvalue weighted by Crippen LogP contribution is 2.16. The van der Waals surface area contributed by atoms with E-state index in [2.05, 4.69) is 12.2 Å². The molecular formula is C13H19ClN2O. The summed E-state index contributed by atoms with van der Waals surface area (Å²) in [6.07, 6.45) is 2.08. The van der Waals surface area contributed by atoms with Crippen molar-refractivity contribution in [2.45, 2.75) is 26.3 Å². The van der Waals surface area contributed by atoms with Gasteiger partial charge in [-0.2, -0.15) is 0 Å². The Labute approximate surface area is 108 Å².